The van der Waals surface area contributed by atoms with Crippen LogP contribution in [0.4, 0.5) is 0 Å². The number of ether oxygens (including phenoxy) is 1. The third kappa shape index (κ3) is 1.21. The summed E-state index contributed by atoms with van der Waals surface area (Å²) in [7, 11) is 1.66. The average molecular weight is 244 g/mol. The highest BCUT2D eigenvalue weighted by atomic mass is 79.9. The predicted octanol–water partition coefficient (Wildman–Crippen LogP) is 3.07. The van der Waals surface area contributed by atoms with E-state index in [0.717, 1.165) is 20.3 Å². The maximum absolute atomic E-state index is 5.15. The minimum Gasteiger partial charge on any atom is -0.496 e. The van der Waals surface area contributed by atoms with E-state index in [9.17, 15) is 0 Å². The molecule has 62 valence electrons. The Kier molecular flexibility index (Phi) is 2.02. The van der Waals surface area contributed by atoms with Crippen LogP contribution < -0.4 is 4.74 Å². The fraction of sp³-hybridized carbons (Fsp3) is 0.125. The maximum Gasteiger partial charge on any atom is 0.134 e. The number of nitrogens with zero attached hydrogens (tertiary/aromatic N) is 1. The first kappa shape index (κ1) is 8.01. The molecular formula is C8H6BrNOS. The number of benzene rings is 1. The molecule has 0 unspecified atom stereocenters. The van der Waals surface area contributed by atoms with Gasteiger partial charge in [0.25, 0.3) is 0 Å². The van der Waals surface area contributed by atoms with Crippen molar-refractivity contribution in [3.05, 3.63) is 22.8 Å². The minimum absolute atomic E-state index is 0.853. The number of hydrogen-bond donors (Lipinski definition) is 0. The van der Waals surface area contributed by atoms with Gasteiger partial charge in [0.1, 0.15) is 5.75 Å². The van der Waals surface area contributed by atoms with Crippen molar-refractivity contribution in [2.24, 2.45) is 0 Å². The quantitative estimate of drug-likeness (QED) is 0.769. The Bertz CT molecular complexity index is 412. The molecule has 1 heterocycles. The van der Waals surface area contributed by atoms with Crippen LogP contribution in [-0.4, -0.2) is 11.5 Å². The summed E-state index contributed by atoms with van der Waals surface area (Å²) in [6.07, 6.45) is 1.85. The second kappa shape index (κ2) is 3.03. The summed E-state index contributed by atoms with van der Waals surface area (Å²) < 4.78 is 11.4. The van der Waals surface area contributed by atoms with Gasteiger partial charge >= 0.3 is 0 Å². The monoisotopic (exact) mass is 243 g/mol. The highest BCUT2D eigenvalue weighted by Gasteiger charge is 2.03. The van der Waals surface area contributed by atoms with Crippen molar-refractivity contribution in [3.8, 4) is 5.75 Å². The Morgan fingerprint density at radius 2 is 2.33 bits per heavy atom. The summed E-state index contributed by atoms with van der Waals surface area (Å²) in [5.41, 5.74) is 0. The summed E-state index contributed by atoms with van der Waals surface area (Å²) in [5, 5.41) is 1.15. The van der Waals surface area contributed by atoms with Gasteiger partial charge in [-0.15, -0.1) is 0 Å². The van der Waals surface area contributed by atoms with E-state index in [0.29, 0.717) is 0 Å². The van der Waals surface area contributed by atoms with Crippen LogP contribution in [0.25, 0.3) is 10.1 Å². The highest BCUT2D eigenvalue weighted by molar-refractivity contribution is 9.10. The molecule has 0 amide bonds. The molecular weight excluding hydrogens is 238 g/mol. The van der Waals surface area contributed by atoms with Crippen LogP contribution in [0.5, 0.6) is 5.75 Å². The Morgan fingerprint density at radius 1 is 1.50 bits per heavy atom. The van der Waals surface area contributed by atoms with Crippen LogP contribution in [-0.2, 0) is 0 Å². The predicted molar refractivity (Wildman–Crippen MR) is 53.9 cm³/mol. The SMILES string of the molecule is COc1cc2sncc2cc1Br. The highest BCUT2D eigenvalue weighted by Crippen LogP contribution is 2.31. The molecule has 0 saturated heterocycles. The maximum atomic E-state index is 5.15. The van der Waals surface area contributed by atoms with Crippen molar-refractivity contribution < 1.29 is 4.74 Å². The van der Waals surface area contributed by atoms with E-state index >= 15 is 0 Å². The first-order valence-corrected chi connectivity index (χ1v) is 4.96. The van der Waals surface area contributed by atoms with Crippen molar-refractivity contribution >= 4 is 37.5 Å². The zero-order valence-corrected chi connectivity index (χ0v) is 8.78. The molecule has 0 aliphatic carbocycles. The van der Waals surface area contributed by atoms with Gasteiger partial charge in [-0.1, -0.05) is 0 Å². The van der Waals surface area contributed by atoms with E-state index in [1.54, 1.807) is 7.11 Å². The molecule has 0 saturated carbocycles. The van der Waals surface area contributed by atoms with Gasteiger partial charge in [-0.3, -0.25) is 0 Å². The van der Waals surface area contributed by atoms with Crippen LogP contribution >= 0.6 is 27.5 Å². The summed E-state index contributed by atoms with van der Waals surface area (Å²) in [6.45, 7) is 0. The van der Waals surface area contributed by atoms with Gasteiger partial charge in [0.05, 0.1) is 16.3 Å². The fourth-order valence-corrected chi connectivity index (χ4v) is 2.21. The van der Waals surface area contributed by atoms with Crippen LogP contribution in [0.2, 0.25) is 0 Å². The van der Waals surface area contributed by atoms with E-state index in [2.05, 4.69) is 20.3 Å². The lowest BCUT2D eigenvalue weighted by molar-refractivity contribution is 0.413. The van der Waals surface area contributed by atoms with E-state index in [-0.39, 0.29) is 0 Å². The molecule has 2 rings (SSSR count). The molecule has 0 radical (unpaired) electrons. The van der Waals surface area contributed by atoms with E-state index in [1.807, 2.05) is 18.3 Å². The van der Waals surface area contributed by atoms with Gasteiger partial charge in [-0.2, -0.15) is 4.37 Å². The van der Waals surface area contributed by atoms with Crippen LogP contribution in [0.1, 0.15) is 0 Å². The lowest BCUT2D eigenvalue weighted by Gasteiger charge is -2.01. The van der Waals surface area contributed by atoms with Crippen molar-refractivity contribution in [1.29, 1.82) is 0 Å². The summed E-state index contributed by atoms with van der Waals surface area (Å²) in [4.78, 5) is 0. The minimum atomic E-state index is 0.853. The number of fused-ring (bicyclic) bond motifs is 1. The Morgan fingerprint density at radius 3 is 3.08 bits per heavy atom. The number of methoxy groups -OCH3 is 1. The van der Waals surface area contributed by atoms with Crippen LogP contribution in [0.3, 0.4) is 0 Å². The smallest absolute Gasteiger partial charge is 0.134 e. The number of hydrogen-bond acceptors (Lipinski definition) is 3. The van der Waals surface area contributed by atoms with Crippen molar-refractivity contribution in [2.75, 3.05) is 7.11 Å². The second-order valence-electron chi connectivity index (χ2n) is 2.35. The van der Waals surface area contributed by atoms with Gasteiger partial charge in [0.2, 0.25) is 0 Å². The molecule has 0 atom stereocenters. The molecule has 0 N–H and O–H groups in total. The molecule has 0 fully saturated rings. The zero-order valence-electron chi connectivity index (χ0n) is 6.37. The number of aromatic nitrogens is 1. The zero-order chi connectivity index (χ0) is 8.55. The molecule has 0 bridgehead atoms. The lowest BCUT2D eigenvalue weighted by atomic mass is 10.3. The van der Waals surface area contributed by atoms with E-state index in [1.165, 1.54) is 11.5 Å². The number of rotatable bonds is 1. The van der Waals surface area contributed by atoms with Crippen molar-refractivity contribution in [2.45, 2.75) is 0 Å². The van der Waals surface area contributed by atoms with Gasteiger partial charge in [0.15, 0.2) is 0 Å². The molecule has 4 heteroatoms. The second-order valence-corrected chi connectivity index (χ2v) is 4.04. The van der Waals surface area contributed by atoms with Gasteiger partial charge in [-0.25, -0.2) is 0 Å². The van der Waals surface area contributed by atoms with Gasteiger partial charge in [0, 0.05) is 17.6 Å². The third-order valence-corrected chi connectivity index (χ3v) is 3.01. The fourth-order valence-electron chi connectivity index (χ4n) is 1.03. The largest absolute Gasteiger partial charge is 0.496 e. The molecule has 0 aliphatic heterocycles. The molecule has 0 spiro atoms. The van der Waals surface area contributed by atoms with Crippen molar-refractivity contribution in [3.63, 3.8) is 0 Å². The molecule has 0 aliphatic rings. The first-order valence-electron chi connectivity index (χ1n) is 3.39. The molecule has 2 aromatic rings. The summed E-state index contributed by atoms with van der Waals surface area (Å²) >= 11 is 4.89. The summed E-state index contributed by atoms with van der Waals surface area (Å²) in [5.74, 6) is 0.853. The molecule has 1 aromatic heterocycles. The Labute approximate surface area is 82.5 Å². The average Bonchev–Trinajstić information content (AvgIpc) is 2.49. The van der Waals surface area contributed by atoms with Crippen LogP contribution in [0.15, 0.2) is 22.8 Å². The lowest BCUT2D eigenvalue weighted by Crippen LogP contribution is -1.82. The standard InChI is InChI=1S/C8H6BrNOS/c1-11-7-3-8-5(2-6(7)9)4-10-12-8/h2-4H,1H3. The molecule has 12 heavy (non-hydrogen) atoms. The third-order valence-electron chi connectivity index (χ3n) is 1.63. The van der Waals surface area contributed by atoms with Crippen LogP contribution in [0, 0.1) is 0 Å². The Hall–Kier alpha value is -0.610. The van der Waals surface area contributed by atoms with Gasteiger partial charge < -0.3 is 4.74 Å². The summed E-state index contributed by atoms with van der Waals surface area (Å²) in [6, 6.07) is 3.99. The number of halogens is 1. The van der Waals surface area contributed by atoms with E-state index in [4.69, 9.17) is 4.74 Å². The van der Waals surface area contributed by atoms with Crippen molar-refractivity contribution in [1.82, 2.24) is 4.37 Å². The molecule has 2 nitrogen and oxygen atoms in total. The first-order chi connectivity index (χ1) is 5.81. The topological polar surface area (TPSA) is 22.1 Å². The Balaban J connectivity index is 2.73. The normalized spacial score (nSPS) is 10.5. The molecule has 1 aromatic carbocycles. The van der Waals surface area contributed by atoms with E-state index < -0.39 is 0 Å². The van der Waals surface area contributed by atoms with Gasteiger partial charge in [-0.05, 0) is 33.5 Å².